The molecule has 0 radical (unpaired) electrons. The van der Waals surface area contributed by atoms with Crippen molar-refractivity contribution >= 4 is 174 Å². The summed E-state index contributed by atoms with van der Waals surface area (Å²) in [5.74, 6) is 0. The second-order valence-corrected chi connectivity index (χ2v) is 30.3. The van der Waals surface area contributed by atoms with Gasteiger partial charge in [-0.05, 0) is 250 Å². The second-order valence-electron chi connectivity index (χ2n) is 28.5. The van der Waals surface area contributed by atoms with E-state index in [1.54, 1.807) is 0 Å². The van der Waals surface area contributed by atoms with Crippen molar-refractivity contribution in [2.75, 3.05) is 0 Å². The van der Waals surface area contributed by atoms with Crippen molar-refractivity contribution in [1.29, 1.82) is 0 Å². The smallest absolute Gasteiger partial charge is 0.423 e. The lowest BCUT2D eigenvalue weighted by Crippen LogP contribution is -2.30. The zero-order chi connectivity index (χ0) is 68.2. The molecule has 0 saturated carbocycles. The van der Waals surface area contributed by atoms with E-state index in [2.05, 4.69) is 333 Å². The van der Waals surface area contributed by atoms with Crippen molar-refractivity contribution in [3.05, 3.63) is 341 Å². The molecule has 0 aliphatic heterocycles. The minimum Gasteiger partial charge on any atom is -0.423 e. The Bertz CT molecular complexity index is 6480. The summed E-state index contributed by atoms with van der Waals surface area (Å²) in [4.78, 5) is 0. The maximum absolute atomic E-state index is 9.92. The standard InChI is InChI=1S/C59H38.C22H15BO2.C15H12Br2/c1-59(2)55-31-35(51-33-53-41-19-5-3-15-37(41)39-17-7-11-23-47(39)57(53)49-25-13-9-21-43(49)51)27-29-45(55)46-30-28-36(32-56(46)59)52-34-54-42-20-6-4-16-38(42)40-18-8-12-24-48(40)58(54)50-26-14-10-22-44(50)52;24-23(25)21-13-20-16-9-2-1-7-14(16)15-8-3-5-11-18(15)22(20)19-12-6-4-10-17(19)21;1-15(2)13-7-9(16)3-5-11(13)12-6-4-10(17)8-14(12)15/h3-34H,1-2H3;1-13,24-25H;3-8H,1-2H3. The molecule has 2 aliphatic carbocycles. The Morgan fingerprint density at radius 3 is 0.762 bits per heavy atom. The van der Waals surface area contributed by atoms with Gasteiger partial charge < -0.3 is 10.0 Å². The van der Waals surface area contributed by atoms with Gasteiger partial charge in [0.2, 0.25) is 0 Å². The topological polar surface area (TPSA) is 40.5 Å². The monoisotopic (exact) mass is 1420 g/mol. The number of benzene rings is 19. The molecule has 0 unspecified atom stereocenters. The molecular weight excluding hydrogens is 1360 g/mol. The molecule has 2 N–H and O–H groups in total. The molecule has 5 heteroatoms. The average molecular weight is 1420 g/mol. The van der Waals surface area contributed by atoms with E-state index in [0.29, 0.717) is 5.46 Å². The minimum absolute atomic E-state index is 0.0816. The molecule has 21 rings (SSSR count). The van der Waals surface area contributed by atoms with Crippen molar-refractivity contribution in [3.63, 3.8) is 0 Å². The first-order valence-corrected chi connectivity index (χ1v) is 36.4. The maximum Gasteiger partial charge on any atom is 0.489 e. The molecule has 2 nitrogen and oxygen atoms in total. The summed E-state index contributed by atoms with van der Waals surface area (Å²) in [5.41, 5.74) is 16.5. The normalized spacial score (nSPS) is 13.3. The van der Waals surface area contributed by atoms with Gasteiger partial charge in [0, 0.05) is 19.8 Å². The highest BCUT2D eigenvalue weighted by Gasteiger charge is 2.38. The molecule has 19 aromatic rings. The highest BCUT2D eigenvalue weighted by molar-refractivity contribution is 9.10. The molecule has 0 spiro atoms. The average Bonchev–Trinajstić information content (AvgIpc) is 0.826. The van der Waals surface area contributed by atoms with E-state index in [-0.39, 0.29) is 10.8 Å². The molecule has 0 saturated heterocycles. The fourth-order valence-corrected chi connectivity index (χ4v) is 18.5. The van der Waals surface area contributed by atoms with Gasteiger partial charge in [-0.2, -0.15) is 0 Å². The molecule has 0 atom stereocenters. The van der Waals surface area contributed by atoms with E-state index >= 15 is 0 Å². The van der Waals surface area contributed by atoms with E-state index in [1.165, 1.54) is 169 Å². The van der Waals surface area contributed by atoms with Gasteiger partial charge in [0.15, 0.2) is 0 Å². The molecule has 101 heavy (non-hydrogen) atoms. The largest absolute Gasteiger partial charge is 0.489 e. The van der Waals surface area contributed by atoms with Gasteiger partial charge in [0.25, 0.3) is 0 Å². The van der Waals surface area contributed by atoms with Crippen molar-refractivity contribution in [3.8, 4) is 44.5 Å². The Hall–Kier alpha value is -10.8. The molecular formula is C96H65BBr2O2. The fourth-order valence-electron chi connectivity index (χ4n) is 17.8. The van der Waals surface area contributed by atoms with Crippen LogP contribution < -0.4 is 5.46 Å². The zero-order valence-corrected chi connectivity index (χ0v) is 59.3. The zero-order valence-electron chi connectivity index (χ0n) is 56.2. The van der Waals surface area contributed by atoms with Gasteiger partial charge in [-0.3, -0.25) is 0 Å². The molecule has 0 fully saturated rings. The van der Waals surface area contributed by atoms with E-state index < -0.39 is 7.12 Å². The lowest BCUT2D eigenvalue weighted by molar-refractivity contribution is 0.426. The summed E-state index contributed by atoms with van der Waals surface area (Å²) in [7, 11) is -1.50. The Balaban J connectivity index is 0.000000137. The van der Waals surface area contributed by atoms with Crippen LogP contribution in [-0.2, 0) is 10.8 Å². The van der Waals surface area contributed by atoms with Crippen LogP contribution in [0.4, 0.5) is 0 Å². The van der Waals surface area contributed by atoms with Gasteiger partial charge in [-0.1, -0.05) is 320 Å². The van der Waals surface area contributed by atoms with Crippen LogP contribution in [0.5, 0.6) is 0 Å². The summed E-state index contributed by atoms with van der Waals surface area (Å²) in [5, 5.41) is 49.6. The third-order valence-corrected chi connectivity index (χ3v) is 23.4. The predicted molar refractivity (Wildman–Crippen MR) is 441 cm³/mol. The highest BCUT2D eigenvalue weighted by Crippen LogP contribution is 2.54. The summed E-state index contributed by atoms with van der Waals surface area (Å²) in [6.45, 7) is 9.41. The number of fused-ring (bicyclic) bond motifs is 30. The first-order chi connectivity index (χ1) is 49.3. The SMILES string of the molecule is CC1(C)c2cc(-c3cc4c5ccccc5c5ccccc5c4c4ccccc34)ccc2-c2ccc(-c3cc4c5ccccc5c5ccccc5c4c4ccccc34)cc21.CC1(C)c2cc(Br)ccc2-c2ccc(Br)cc21.OB(O)c1cc2c3ccccc3c3ccccc3c2c2ccccc12. The van der Waals surface area contributed by atoms with Crippen LogP contribution in [0.1, 0.15) is 49.9 Å². The molecule has 0 amide bonds. The van der Waals surface area contributed by atoms with Crippen LogP contribution in [0.3, 0.4) is 0 Å². The van der Waals surface area contributed by atoms with Gasteiger partial charge in [0.1, 0.15) is 0 Å². The van der Waals surface area contributed by atoms with Crippen LogP contribution in [0.25, 0.3) is 174 Å². The Morgan fingerprint density at radius 2 is 0.446 bits per heavy atom. The number of rotatable bonds is 3. The van der Waals surface area contributed by atoms with E-state index in [0.717, 1.165) is 35.9 Å². The minimum atomic E-state index is -1.50. The lowest BCUT2D eigenvalue weighted by Gasteiger charge is -2.23. The van der Waals surface area contributed by atoms with Gasteiger partial charge >= 0.3 is 7.12 Å². The van der Waals surface area contributed by atoms with Crippen molar-refractivity contribution in [1.82, 2.24) is 0 Å². The molecule has 0 bridgehead atoms. The Kier molecular flexibility index (Phi) is 14.2. The second kappa shape index (κ2) is 23.4. The first-order valence-electron chi connectivity index (χ1n) is 34.8. The summed E-state index contributed by atoms with van der Waals surface area (Å²) in [6.07, 6.45) is 0. The van der Waals surface area contributed by atoms with Crippen molar-refractivity contribution in [2.24, 2.45) is 0 Å². The number of hydrogen-bond acceptors (Lipinski definition) is 2. The lowest BCUT2D eigenvalue weighted by atomic mass is 9.75. The molecule has 0 aromatic heterocycles. The van der Waals surface area contributed by atoms with E-state index in [4.69, 9.17) is 0 Å². The van der Waals surface area contributed by atoms with Crippen LogP contribution in [0, 0.1) is 0 Å². The summed E-state index contributed by atoms with van der Waals surface area (Å²) >= 11 is 7.13. The van der Waals surface area contributed by atoms with E-state index in [1.807, 2.05) is 36.4 Å². The number of halogens is 2. The van der Waals surface area contributed by atoms with E-state index in [9.17, 15) is 10.0 Å². The first kappa shape index (κ1) is 61.3. The predicted octanol–water partition coefficient (Wildman–Crippen LogP) is 26.0. The molecule has 19 aromatic carbocycles. The highest BCUT2D eigenvalue weighted by atomic mass is 79.9. The van der Waals surface area contributed by atoms with Gasteiger partial charge in [0.05, 0.1) is 0 Å². The number of hydrogen-bond donors (Lipinski definition) is 2. The third-order valence-electron chi connectivity index (χ3n) is 22.5. The van der Waals surface area contributed by atoms with Crippen LogP contribution in [0.2, 0.25) is 0 Å². The Labute approximate surface area is 602 Å². The third kappa shape index (κ3) is 9.44. The molecule has 2 aliphatic rings. The molecule has 0 heterocycles. The van der Waals surface area contributed by atoms with Crippen LogP contribution in [-0.4, -0.2) is 17.2 Å². The maximum atomic E-state index is 9.92. The van der Waals surface area contributed by atoms with Gasteiger partial charge in [-0.15, -0.1) is 0 Å². The van der Waals surface area contributed by atoms with Crippen molar-refractivity contribution < 1.29 is 10.0 Å². The summed E-state index contributed by atoms with van der Waals surface area (Å²) < 4.78 is 2.30. The molecule has 478 valence electrons. The fraction of sp³-hybridized carbons (Fsp3) is 0.0625. The van der Waals surface area contributed by atoms with Crippen LogP contribution in [0.15, 0.2) is 318 Å². The Morgan fingerprint density at radius 1 is 0.218 bits per heavy atom. The van der Waals surface area contributed by atoms with Crippen molar-refractivity contribution in [2.45, 2.75) is 38.5 Å². The van der Waals surface area contributed by atoms with Crippen LogP contribution >= 0.6 is 31.9 Å². The summed E-state index contributed by atoms with van der Waals surface area (Å²) in [6, 6.07) is 113. The van der Waals surface area contributed by atoms with Gasteiger partial charge in [-0.25, -0.2) is 0 Å². The quantitative estimate of drug-likeness (QED) is 0.137.